The second kappa shape index (κ2) is 16.2. The molecule has 2 atom stereocenters. The average molecular weight is 953 g/mol. The molecule has 0 amide bonds. The summed E-state index contributed by atoms with van der Waals surface area (Å²) >= 11 is 11.3. The second-order valence-electron chi connectivity index (χ2n) is 17.5. The number of furan rings is 2. The molecular weight excluding hydrogens is 907 g/mol. The molecular formula is C57H46Cl2O2SiZr. The predicted molar refractivity (Wildman–Crippen MR) is 262 cm³/mol. The molecule has 1 fully saturated rings. The van der Waals surface area contributed by atoms with Crippen LogP contribution in [0, 0.1) is 27.7 Å². The van der Waals surface area contributed by atoms with Crippen molar-refractivity contribution in [3.63, 3.8) is 0 Å². The number of benzene rings is 6. The molecule has 0 saturated carbocycles. The molecule has 6 heteroatoms. The summed E-state index contributed by atoms with van der Waals surface area (Å²) in [5.41, 5.74) is 19.6. The monoisotopic (exact) mass is 950 g/mol. The molecule has 8 aromatic rings. The van der Waals surface area contributed by atoms with Gasteiger partial charge in [-0.2, -0.15) is 0 Å². The fraction of sp³-hybridized carbons (Fsp3) is 0.158. The first-order chi connectivity index (χ1) is 30.6. The van der Waals surface area contributed by atoms with Crippen LogP contribution in [0.15, 0.2) is 167 Å². The van der Waals surface area contributed by atoms with E-state index >= 15 is 0 Å². The van der Waals surface area contributed by atoms with Crippen molar-refractivity contribution in [2.45, 2.75) is 51.4 Å². The molecule has 2 aromatic heterocycles. The van der Waals surface area contributed by atoms with E-state index in [1.54, 1.807) is 0 Å². The summed E-state index contributed by atoms with van der Waals surface area (Å²) in [6, 6.07) is 58.5. The van der Waals surface area contributed by atoms with Gasteiger partial charge in [0.05, 0.1) is 0 Å². The van der Waals surface area contributed by atoms with E-state index in [-0.39, 0.29) is 7.25 Å². The summed E-state index contributed by atoms with van der Waals surface area (Å²) in [6.45, 7) is 9.17. The van der Waals surface area contributed by atoms with E-state index in [0.717, 1.165) is 46.3 Å². The Labute approximate surface area is 388 Å². The summed E-state index contributed by atoms with van der Waals surface area (Å²) < 4.78 is 13.7. The summed E-state index contributed by atoms with van der Waals surface area (Å²) in [6.07, 6.45) is 5.02. The van der Waals surface area contributed by atoms with Gasteiger partial charge >= 0.3 is 391 Å². The molecule has 11 rings (SSSR count). The number of hydrogen-bond acceptors (Lipinski definition) is 2. The first-order valence-electron chi connectivity index (χ1n) is 21.9. The van der Waals surface area contributed by atoms with E-state index in [2.05, 4.69) is 198 Å². The van der Waals surface area contributed by atoms with Crippen LogP contribution in [0.5, 0.6) is 0 Å². The molecule has 308 valence electrons. The average Bonchev–Trinajstić information content (AvgIpc) is 4.12. The van der Waals surface area contributed by atoms with Crippen LogP contribution in [-0.4, -0.2) is 9.77 Å². The van der Waals surface area contributed by atoms with Gasteiger partial charge in [-0.25, -0.2) is 0 Å². The fourth-order valence-corrected chi connectivity index (χ4v) is 41.6. The number of halogens is 2. The van der Waals surface area contributed by atoms with E-state index < -0.39 is 30.1 Å². The first kappa shape index (κ1) is 40.8. The van der Waals surface area contributed by atoms with Crippen molar-refractivity contribution in [3.05, 3.63) is 214 Å². The van der Waals surface area contributed by atoms with Crippen molar-refractivity contribution >= 4 is 51.9 Å². The van der Waals surface area contributed by atoms with Gasteiger partial charge in [-0.05, 0) is 0 Å². The Balaban J connectivity index is 1.20. The summed E-state index contributed by atoms with van der Waals surface area (Å²) in [5.74, 6) is 3.67. The zero-order chi connectivity index (χ0) is 43.0. The van der Waals surface area contributed by atoms with Gasteiger partial charge in [0.1, 0.15) is 0 Å². The summed E-state index contributed by atoms with van der Waals surface area (Å²) in [5, 5.41) is 0. The Morgan fingerprint density at radius 1 is 0.476 bits per heavy atom. The molecule has 3 heterocycles. The third-order valence-electron chi connectivity index (χ3n) is 13.7. The van der Waals surface area contributed by atoms with Gasteiger partial charge in [-0.3, -0.25) is 0 Å². The quantitative estimate of drug-likeness (QED) is 0.112. The molecule has 1 saturated heterocycles. The molecule has 2 aliphatic carbocycles. The third-order valence-corrected chi connectivity index (χ3v) is 36.1. The number of fused-ring (bicyclic) bond motifs is 2. The van der Waals surface area contributed by atoms with Crippen LogP contribution < -0.4 is 0 Å². The number of allylic oxidation sites excluding steroid dienone is 2. The van der Waals surface area contributed by atoms with Crippen LogP contribution in [-0.2, 0) is 20.4 Å². The molecule has 1 aliphatic heterocycles. The van der Waals surface area contributed by atoms with Crippen LogP contribution in [0.1, 0.15) is 63.3 Å². The second-order valence-corrected chi connectivity index (χ2v) is 34.8. The van der Waals surface area contributed by atoms with Crippen molar-refractivity contribution in [2.75, 3.05) is 0 Å². The first-order valence-corrected chi connectivity index (χ1v) is 31.1. The van der Waals surface area contributed by atoms with E-state index in [4.69, 9.17) is 32.0 Å². The Hall–Kier alpha value is -4.96. The zero-order valence-electron chi connectivity index (χ0n) is 35.8. The van der Waals surface area contributed by atoms with Crippen molar-refractivity contribution < 1.29 is 29.2 Å². The van der Waals surface area contributed by atoms with Crippen LogP contribution in [0.2, 0.25) is 12.1 Å². The van der Waals surface area contributed by atoms with E-state index in [9.17, 15) is 0 Å². The topological polar surface area (TPSA) is 26.3 Å². The van der Waals surface area contributed by atoms with Gasteiger partial charge < -0.3 is 0 Å². The Kier molecular flexibility index (Phi) is 10.5. The van der Waals surface area contributed by atoms with E-state index in [1.807, 2.05) is 0 Å². The molecule has 0 bridgehead atoms. The van der Waals surface area contributed by atoms with Gasteiger partial charge in [0, 0.05) is 0 Å². The molecule has 6 aromatic carbocycles. The van der Waals surface area contributed by atoms with Crippen molar-refractivity contribution in [1.82, 2.24) is 0 Å². The molecule has 63 heavy (non-hydrogen) atoms. The summed E-state index contributed by atoms with van der Waals surface area (Å²) in [4.78, 5) is 0. The fourth-order valence-electron chi connectivity index (χ4n) is 10.4. The Morgan fingerprint density at radius 3 is 1.19 bits per heavy atom. The molecule has 2 nitrogen and oxygen atoms in total. The molecule has 0 radical (unpaired) electrons. The number of alkyl halides is 2. The van der Waals surface area contributed by atoms with Gasteiger partial charge in [-0.15, -0.1) is 0 Å². The Morgan fingerprint density at radius 2 is 0.825 bits per heavy atom. The maximum absolute atomic E-state index is 7.16. The van der Waals surface area contributed by atoms with E-state index in [1.165, 1.54) is 77.9 Å². The number of aryl methyl sites for hydroxylation is 2. The van der Waals surface area contributed by atoms with E-state index in [0.29, 0.717) is 0 Å². The minimum absolute atomic E-state index is 0.182. The van der Waals surface area contributed by atoms with Crippen LogP contribution in [0.25, 0.3) is 68.2 Å². The van der Waals surface area contributed by atoms with Crippen molar-refractivity contribution in [3.8, 4) is 44.9 Å². The van der Waals surface area contributed by atoms with Gasteiger partial charge in [0.15, 0.2) is 0 Å². The van der Waals surface area contributed by atoms with Crippen LogP contribution >= 0.6 is 23.2 Å². The van der Waals surface area contributed by atoms with Crippen LogP contribution in [0.3, 0.4) is 0 Å². The molecule has 0 spiro atoms. The number of hydrogen-bond donors (Lipinski definition) is 0. The van der Waals surface area contributed by atoms with Crippen LogP contribution in [0.4, 0.5) is 0 Å². The number of rotatable bonds is 8. The summed E-state index contributed by atoms with van der Waals surface area (Å²) in [7, 11) is 0. The minimum atomic E-state index is -3.05. The maximum atomic E-state index is 7.16. The van der Waals surface area contributed by atoms with Crippen molar-refractivity contribution in [2.24, 2.45) is 0 Å². The standard InChI is InChI=1S/2C27H21O.C3H4Cl2Si.Zr/c2*1-18-15-22-16-23(26-14-13-25(28-26)20-9-5-3-6-10-20)17-24(22)27(19(18)2)21-11-7-4-8-12-21;4-3(5)1-6-2-3;/h2*3-17H,1-2H3;1-2H2;. The third kappa shape index (κ3) is 7.19. The molecule has 0 N–H and O–H groups in total. The molecule has 2 unspecified atom stereocenters. The normalized spacial score (nSPS) is 17.2. The molecule has 3 aliphatic rings. The van der Waals surface area contributed by atoms with Gasteiger partial charge in [-0.1, -0.05) is 0 Å². The SMILES string of the molecule is Cc1cc2c(c(-c3ccccc3)c1C)C=C(c1ccc(-c3ccccc3)o1)[CH]2[Zr]([CH]1C(c2ccc(-c3ccccc3)o2)=Cc2c1cc(C)c(C)c2-c1ccccc1)=[Si]1CC(Cl)(Cl)C1. The zero-order valence-corrected chi connectivity index (χ0v) is 40.8. The van der Waals surface area contributed by atoms with Gasteiger partial charge in [0.2, 0.25) is 0 Å². The predicted octanol–water partition coefficient (Wildman–Crippen LogP) is 16.5. The van der Waals surface area contributed by atoms with Gasteiger partial charge in [0.25, 0.3) is 0 Å². The Bertz CT molecular complexity index is 2970. The van der Waals surface area contributed by atoms with Crippen molar-refractivity contribution in [1.29, 1.82) is 0 Å².